The van der Waals surface area contributed by atoms with E-state index >= 15 is 0 Å². The summed E-state index contributed by atoms with van der Waals surface area (Å²) in [7, 11) is 0. The van der Waals surface area contributed by atoms with Gasteiger partial charge in [0.25, 0.3) is 0 Å². The molecule has 0 aromatic heterocycles. The Morgan fingerprint density at radius 3 is 1.47 bits per heavy atom. The zero-order chi connectivity index (χ0) is 24.2. The molecule has 3 heteroatoms. The van der Waals surface area contributed by atoms with Crippen LogP contribution < -0.4 is 3.61 Å². The molecule has 0 atom stereocenters. The van der Waals surface area contributed by atoms with Gasteiger partial charge in [-0.1, -0.05) is 0 Å². The molecule has 0 heterocycles. The Bertz CT molecular complexity index is 928. The summed E-state index contributed by atoms with van der Waals surface area (Å²) >= 11 is 1.62. The Balaban J connectivity index is 2.55. The van der Waals surface area contributed by atoms with Crippen molar-refractivity contribution in [2.75, 3.05) is 3.61 Å². The quantitative estimate of drug-likeness (QED) is 0.268. The van der Waals surface area contributed by atoms with Crippen LogP contribution in [0.3, 0.4) is 0 Å². The molecule has 2 aromatic rings. The van der Waals surface area contributed by atoms with Gasteiger partial charge in [-0.15, -0.1) is 0 Å². The molecule has 0 bridgehead atoms. The molecule has 0 N–H and O–H groups in total. The average Bonchev–Trinajstić information content (AvgIpc) is 2.71. The number of rotatable bonds is 8. The van der Waals surface area contributed by atoms with Gasteiger partial charge in [0.1, 0.15) is 0 Å². The van der Waals surface area contributed by atoms with Crippen molar-refractivity contribution in [2.45, 2.75) is 92.9 Å². The van der Waals surface area contributed by atoms with E-state index in [1.54, 1.807) is 18.8 Å². The maximum absolute atomic E-state index is 5.15. The van der Waals surface area contributed by atoms with Gasteiger partial charge in [0.2, 0.25) is 0 Å². The van der Waals surface area contributed by atoms with Gasteiger partial charge < -0.3 is 0 Å². The van der Waals surface area contributed by atoms with Crippen molar-refractivity contribution in [1.29, 1.82) is 0 Å². The van der Waals surface area contributed by atoms with E-state index in [4.69, 9.17) is 4.99 Å². The van der Waals surface area contributed by atoms with Crippen LogP contribution in [0.4, 0.5) is 11.4 Å². The molecular formula is C29H41GaN2. The first-order chi connectivity index (χ1) is 15.0. The fourth-order valence-electron chi connectivity index (χ4n) is 4.19. The molecule has 0 aliphatic carbocycles. The zero-order valence-electron chi connectivity index (χ0n) is 21.8. The topological polar surface area (TPSA) is 15.6 Å². The minimum atomic E-state index is 0.447. The van der Waals surface area contributed by atoms with Crippen LogP contribution in [-0.4, -0.2) is 24.6 Å². The van der Waals surface area contributed by atoms with E-state index in [-0.39, 0.29) is 0 Å². The van der Waals surface area contributed by atoms with E-state index in [1.165, 1.54) is 33.6 Å². The predicted octanol–water partition coefficient (Wildman–Crippen LogP) is 8.77. The van der Waals surface area contributed by atoms with Gasteiger partial charge in [-0.05, 0) is 0 Å². The molecule has 170 valence electrons. The second-order valence-corrected chi connectivity index (χ2v) is 11.2. The molecule has 2 rings (SSSR count). The Morgan fingerprint density at radius 2 is 1.09 bits per heavy atom. The second kappa shape index (κ2) is 11.4. The number of aliphatic imine (C=N–C) groups is 1. The predicted molar refractivity (Wildman–Crippen MR) is 144 cm³/mol. The van der Waals surface area contributed by atoms with Crippen molar-refractivity contribution in [3.05, 3.63) is 70.4 Å². The minimum absolute atomic E-state index is 0.447. The number of para-hydroxylation sites is 2. The van der Waals surface area contributed by atoms with Gasteiger partial charge in [0, 0.05) is 0 Å². The normalized spacial score (nSPS) is 13.1. The summed E-state index contributed by atoms with van der Waals surface area (Å²) in [6.07, 6.45) is 2.24. The van der Waals surface area contributed by atoms with E-state index in [9.17, 15) is 0 Å². The van der Waals surface area contributed by atoms with E-state index in [1.807, 2.05) is 0 Å². The van der Waals surface area contributed by atoms with Gasteiger partial charge in [-0.25, -0.2) is 0 Å². The summed E-state index contributed by atoms with van der Waals surface area (Å²) in [5, 5.41) is 0. The molecule has 2 aromatic carbocycles. The Kier molecular flexibility index (Phi) is 9.48. The van der Waals surface area contributed by atoms with Crippen molar-refractivity contribution in [3.8, 4) is 0 Å². The zero-order valence-corrected chi connectivity index (χ0v) is 24.2. The third-order valence-corrected chi connectivity index (χ3v) is 7.41. The van der Waals surface area contributed by atoms with E-state index in [0.29, 0.717) is 23.7 Å². The van der Waals surface area contributed by atoms with Crippen LogP contribution in [0.15, 0.2) is 53.2 Å². The molecule has 0 fully saturated rings. The molecule has 2 radical (unpaired) electrons. The SMILES string of the molecule is CC(/C=C(/C)[N]([Ga])c1c(C(C)C)cccc1C(C)C)=Nc1c(C(C)C)cccc1C(C)C. The van der Waals surface area contributed by atoms with Crippen LogP contribution >= 0.6 is 0 Å². The van der Waals surface area contributed by atoms with Crippen LogP contribution in [0.2, 0.25) is 0 Å². The fourth-order valence-corrected chi connectivity index (χ4v) is 4.97. The van der Waals surface area contributed by atoms with Gasteiger partial charge >= 0.3 is 208 Å². The van der Waals surface area contributed by atoms with Crippen molar-refractivity contribution in [1.82, 2.24) is 0 Å². The maximum atomic E-state index is 5.15. The summed E-state index contributed by atoms with van der Waals surface area (Å²) in [5.41, 5.74) is 10.3. The molecule has 0 amide bonds. The van der Waals surface area contributed by atoms with Crippen LogP contribution in [0.25, 0.3) is 0 Å². The molecule has 0 saturated carbocycles. The summed E-state index contributed by atoms with van der Waals surface area (Å²) < 4.78 is 2.41. The number of anilines is 1. The summed E-state index contributed by atoms with van der Waals surface area (Å²) in [5.74, 6) is 1.86. The second-order valence-electron chi connectivity index (χ2n) is 10.1. The van der Waals surface area contributed by atoms with Crippen molar-refractivity contribution in [3.63, 3.8) is 0 Å². The molecule has 0 unspecified atom stereocenters. The van der Waals surface area contributed by atoms with Gasteiger partial charge in [0.15, 0.2) is 0 Å². The Hall–Kier alpha value is -1.71. The van der Waals surface area contributed by atoms with Crippen LogP contribution in [0.1, 0.15) is 115 Å². The number of hydrogen-bond donors (Lipinski definition) is 0. The van der Waals surface area contributed by atoms with Gasteiger partial charge in [-0.3, -0.25) is 0 Å². The summed E-state index contributed by atoms with van der Waals surface area (Å²) in [6.45, 7) is 22.5. The standard InChI is InChI=1S/C29H41N2.Ga/c1-18(2)24-13-11-14-25(19(3)4)28(24)30-22(9)17-23(10)31-29-26(20(5)6)15-12-16-27(29)21(7)8;/h11-21H,1-10H3;/q-1;+1/b22-17-,31-23?;. The number of allylic oxidation sites excluding steroid dienone is 2. The monoisotopic (exact) mass is 486 g/mol. The van der Waals surface area contributed by atoms with Gasteiger partial charge in [0.05, 0.1) is 0 Å². The van der Waals surface area contributed by atoms with Crippen LogP contribution in [0.5, 0.6) is 0 Å². The van der Waals surface area contributed by atoms with Crippen LogP contribution in [-0.2, 0) is 0 Å². The molecule has 0 saturated heterocycles. The first-order valence-corrected chi connectivity index (χ1v) is 13.1. The third kappa shape index (κ3) is 6.20. The third-order valence-electron chi connectivity index (χ3n) is 6.01. The molecular weight excluding hydrogens is 446 g/mol. The van der Waals surface area contributed by atoms with Crippen molar-refractivity contribution in [2.24, 2.45) is 4.99 Å². The number of nitrogens with zero attached hydrogens (tertiary/aromatic N) is 2. The van der Waals surface area contributed by atoms with Crippen LogP contribution in [0, 0.1) is 0 Å². The number of benzene rings is 2. The van der Waals surface area contributed by atoms with E-state index in [0.717, 1.165) is 11.4 Å². The molecule has 0 aliphatic rings. The van der Waals surface area contributed by atoms with Gasteiger partial charge in [-0.2, -0.15) is 0 Å². The molecule has 32 heavy (non-hydrogen) atoms. The average molecular weight is 487 g/mol. The Labute approximate surface area is 207 Å². The molecule has 2 nitrogen and oxygen atoms in total. The fraction of sp³-hybridized carbons (Fsp3) is 0.483. The van der Waals surface area contributed by atoms with E-state index < -0.39 is 0 Å². The summed E-state index contributed by atoms with van der Waals surface area (Å²) in [4.78, 5) is 5.15. The molecule has 0 spiro atoms. The first kappa shape index (κ1) is 26.5. The number of hydrogen-bond acceptors (Lipinski definition) is 2. The van der Waals surface area contributed by atoms with Crippen molar-refractivity contribution >= 4 is 35.9 Å². The van der Waals surface area contributed by atoms with Crippen molar-refractivity contribution < 1.29 is 0 Å². The first-order valence-electron chi connectivity index (χ1n) is 12.0. The molecule has 0 aliphatic heterocycles. The summed E-state index contributed by atoms with van der Waals surface area (Å²) in [6, 6.07) is 13.4. The Morgan fingerprint density at radius 1 is 0.719 bits per heavy atom. The van der Waals surface area contributed by atoms with E-state index in [2.05, 4.69) is 115 Å².